The summed E-state index contributed by atoms with van der Waals surface area (Å²) in [5.41, 5.74) is -1.73. The molecule has 29 heavy (non-hydrogen) atoms. The monoisotopic (exact) mass is 397 g/mol. The summed E-state index contributed by atoms with van der Waals surface area (Å²) in [5.74, 6) is -0.988. The Kier molecular flexibility index (Phi) is 4.73. The van der Waals surface area contributed by atoms with Crippen LogP contribution in [0.2, 0.25) is 0 Å². The van der Waals surface area contributed by atoms with E-state index in [1.54, 1.807) is 12.2 Å². The second kappa shape index (κ2) is 6.76. The highest BCUT2D eigenvalue weighted by Crippen LogP contribution is 2.59. The third kappa shape index (κ3) is 2.52. The summed E-state index contributed by atoms with van der Waals surface area (Å²) >= 11 is 0. The van der Waals surface area contributed by atoms with Crippen LogP contribution in [0.5, 0.6) is 0 Å². The third-order valence-corrected chi connectivity index (χ3v) is 7.91. The molecule has 1 saturated heterocycles. The van der Waals surface area contributed by atoms with Crippen molar-refractivity contribution in [3.05, 3.63) is 36.0 Å². The molecule has 0 aromatic heterocycles. The Bertz CT molecular complexity index is 853. The molecule has 0 aromatic carbocycles. The van der Waals surface area contributed by atoms with Crippen molar-refractivity contribution >= 4 is 17.5 Å². The number of allylic oxidation sites excluding steroid dienone is 6. The van der Waals surface area contributed by atoms with Gasteiger partial charge in [-0.05, 0) is 56.9 Å². The fraction of sp³-hybridized carbons (Fsp3) is 0.625. The van der Waals surface area contributed by atoms with Crippen LogP contribution in [0.25, 0.3) is 0 Å². The highest BCUT2D eigenvalue weighted by atomic mass is 16.3. The number of hydrogen-bond donors (Lipinski definition) is 2. The largest absolute Gasteiger partial charge is 0.391 e. The summed E-state index contributed by atoms with van der Waals surface area (Å²) < 4.78 is 0. The lowest BCUT2D eigenvalue weighted by Crippen LogP contribution is -2.60. The van der Waals surface area contributed by atoms with Gasteiger partial charge >= 0.3 is 0 Å². The van der Waals surface area contributed by atoms with Gasteiger partial charge in [-0.2, -0.15) is 0 Å². The maximum absolute atomic E-state index is 14.2. The normalized spacial score (nSPS) is 45.2. The van der Waals surface area contributed by atoms with Crippen LogP contribution < -0.4 is 5.32 Å². The minimum absolute atomic E-state index is 0.0945. The molecule has 5 nitrogen and oxygen atoms in total. The molecule has 1 amide bonds. The van der Waals surface area contributed by atoms with E-state index >= 15 is 0 Å². The molecule has 0 bridgehead atoms. The van der Waals surface area contributed by atoms with Crippen molar-refractivity contribution in [2.24, 2.45) is 34.5 Å². The minimum atomic E-state index is -1.79. The van der Waals surface area contributed by atoms with E-state index in [1.165, 1.54) is 6.92 Å². The Balaban J connectivity index is 1.91. The van der Waals surface area contributed by atoms with Gasteiger partial charge in [0.2, 0.25) is 5.91 Å². The molecule has 1 aliphatic heterocycles. The van der Waals surface area contributed by atoms with E-state index in [2.05, 4.69) is 18.3 Å². The van der Waals surface area contributed by atoms with Crippen LogP contribution in [0, 0.1) is 34.5 Å². The molecular formula is C24H31NO4. The van der Waals surface area contributed by atoms with Gasteiger partial charge in [0, 0.05) is 5.92 Å². The first-order valence-electron chi connectivity index (χ1n) is 10.8. The van der Waals surface area contributed by atoms with E-state index < -0.39 is 40.6 Å². The molecule has 156 valence electrons. The predicted molar refractivity (Wildman–Crippen MR) is 110 cm³/mol. The van der Waals surface area contributed by atoms with Gasteiger partial charge in [0.25, 0.3) is 0 Å². The fourth-order valence-corrected chi connectivity index (χ4v) is 6.33. The minimum Gasteiger partial charge on any atom is -0.391 e. The van der Waals surface area contributed by atoms with Crippen molar-refractivity contribution < 1.29 is 19.5 Å². The van der Waals surface area contributed by atoms with Gasteiger partial charge in [-0.3, -0.25) is 14.4 Å². The number of aliphatic hydroxyl groups excluding tert-OH is 1. The van der Waals surface area contributed by atoms with Crippen LogP contribution in [0.1, 0.15) is 47.0 Å². The average Bonchev–Trinajstić information content (AvgIpc) is 2.93. The zero-order valence-electron chi connectivity index (χ0n) is 17.6. The van der Waals surface area contributed by atoms with Crippen LogP contribution in [0.15, 0.2) is 36.0 Å². The summed E-state index contributed by atoms with van der Waals surface area (Å²) in [7, 11) is 0. The highest BCUT2D eigenvalue weighted by molar-refractivity contribution is 6.31. The molecular weight excluding hydrogens is 366 g/mol. The Morgan fingerprint density at radius 2 is 2.00 bits per heavy atom. The number of rotatable bonds is 2. The number of carbonyl (C=O) groups is 3. The molecule has 0 aromatic rings. The molecule has 2 N–H and O–H groups in total. The molecule has 3 aliphatic carbocycles. The number of ketones is 2. The van der Waals surface area contributed by atoms with Crippen molar-refractivity contribution in [1.29, 1.82) is 0 Å². The number of nitrogens with one attached hydrogen (secondary N) is 1. The quantitative estimate of drug-likeness (QED) is 0.554. The Labute approximate surface area is 172 Å². The highest BCUT2D eigenvalue weighted by Gasteiger charge is 2.70. The number of carbonyl (C=O) groups excluding carboxylic acids is 3. The van der Waals surface area contributed by atoms with Crippen molar-refractivity contribution in [3.63, 3.8) is 0 Å². The van der Waals surface area contributed by atoms with Gasteiger partial charge in [0.05, 0.1) is 11.5 Å². The maximum Gasteiger partial charge on any atom is 0.243 e. The molecule has 4 aliphatic rings. The van der Waals surface area contributed by atoms with E-state index in [1.807, 2.05) is 26.0 Å². The zero-order chi connectivity index (χ0) is 21.1. The number of amides is 1. The zero-order valence-corrected chi connectivity index (χ0v) is 17.6. The SMILES string of the molecule is C/C=C\[C@@H]1C=C2C=C[C@@H]3C[C@H](C)CC[C@H]3[C@]2(C)C(=O)[C@@]12C(=O)N[C@@H]([C@@H](C)O)C2=O. The Hall–Kier alpha value is -2.01. The molecule has 0 unspecified atom stereocenters. The number of Topliss-reactive ketones (excluding diaryl/α,β-unsaturated/α-hetero) is 2. The first-order valence-corrected chi connectivity index (χ1v) is 10.8. The van der Waals surface area contributed by atoms with Gasteiger partial charge in [-0.1, -0.05) is 43.7 Å². The standard InChI is InChI=1S/C24H31NO4/c1-5-6-17-12-16-9-8-15-11-13(2)7-10-18(15)23(16,4)21(28)24(17)20(27)19(14(3)26)25-22(24)29/h5-6,8-9,12-15,17-19,26H,7,10-11H2,1-4H3,(H,25,29)/b6-5-/t13-,14-,15-,17-,18-,19+,23-,24-/m1/s1. The van der Waals surface area contributed by atoms with Crippen molar-refractivity contribution in [2.75, 3.05) is 0 Å². The van der Waals surface area contributed by atoms with E-state index in [0.717, 1.165) is 24.8 Å². The van der Waals surface area contributed by atoms with Gasteiger partial charge in [0.15, 0.2) is 17.0 Å². The molecule has 1 spiro atoms. The lowest BCUT2D eigenvalue weighted by molar-refractivity contribution is -0.155. The summed E-state index contributed by atoms with van der Waals surface area (Å²) in [6.07, 6.45) is 11.7. The van der Waals surface area contributed by atoms with E-state index in [0.29, 0.717) is 5.92 Å². The fourth-order valence-electron chi connectivity index (χ4n) is 6.33. The lowest BCUT2D eigenvalue weighted by Gasteiger charge is -2.53. The average molecular weight is 398 g/mol. The van der Waals surface area contributed by atoms with Crippen LogP contribution in [-0.2, 0) is 14.4 Å². The maximum atomic E-state index is 14.2. The van der Waals surface area contributed by atoms with Gasteiger partial charge in [-0.25, -0.2) is 0 Å². The van der Waals surface area contributed by atoms with Crippen molar-refractivity contribution in [3.8, 4) is 0 Å². The summed E-state index contributed by atoms with van der Waals surface area (Å²) in [6.45, 7) is 7.47. The molecule has 1 heterocycles. The van der Waals surface area contributed by atoms with Crippen LogP contribution in [0.3, 0.4) is 0 Å². The van der Waals surface area contributed by atoms with E-state index in [-0.39, 0.29) is 17.6 Å². The van der Waals surface area contributed by atoms with Crippen LogP contribution in [0.4, 0.5) is 0 Å². The Morgan fingerprint density at radius 3 is 2.62 bits per heavy atom. The Morgan fingerprint density at radius 1 is 1.28 bits per heavy atom. The van der Waals surface area contributed by atoms with E-state index in [9.17, 15) is 19.5 Å². The number of hydrogen-bond acceptors (Lipinski definition) is 4. The first-order chi connectivity index (χ1) is 13.7. The van der Waals surface area contributed by atoms with Crippen molar-refractivity contribution in [2.45, 2.75) is 59.1 Å². The molecule has 4 rings (SSSR count). The topological polar surface area (TPSA) is 83.5 Å². The van der Waals surface area contributed by atoms with Crippen LogP contribution in [-0.4, -0.2) is 34.7 Å². The number of fused-ring (bicyclic) bond motifs is 3. The summed E-state index contributed by atoms with van der Waals surface area (Å²) in [5, 5.41) is 12.7. The predicted octanol–water partition coefficient (Wildman–Crippen LogP) is 2.75. The van der Waals surface area contributed by atoms with Gasteiger partial charge in [0.1, 0.15) is 6.04 Å². The van der Waals surface area contributed by atoms with Crippen LogP contribution >= 0.6 is 0 Å². The molecule has 8 atom stereocenters. The second-order valence-electron chi connectivity index (χ2n) is 9.62. The van der Waals surface area contributed by atoms with E-state index in [4.69, 9.17) is 0 Å². The molecule has 1 saturated carbocycles. The summed E-state index contributed by atoms with van der Waals surface area (Å²) in [6, 6.07) is -1.04. The lowest BCUT2D eigenvalue weighted by atomic mass is 9.47. The second-order valence-corrected chi connectivity index (χ2v) is 9.62. The summed E-state index contributed by atoms with van der Waals surface area (Å²) in [4.78, 5) is 41.0. The molecule has 2 fully saturated rings. The molecule has 5 heteroatoms. The van der Waals surface area contributed by atoms with Crippen molar-refractivity contribution in [1.82, 2.24) is 5.32 Å². The first kappa shape index (κ1) is 20.3. The number of aliphatic hydroxyl groups is 1. The smallest absolute Gasteiger partial charge is 0.243 e. The molecule has 0 radical (unpaired) electrons. The van der Waals surface area contributed by atoms with Gasteiger partial charge in [-0.15, -0.1) is 0 Å². The third-order valence-electron chi connectivity index (χ3n) is 7.91. The van der Waals surface area contributed by atoms with Gasteiger partial charge < -0.3 is 10.4 Å².